The zero-order chi connectivity index (χ0) is 26.4. The van der Waals surface area contributed by atoms with Gasteiger partial charge < -0.3 is 24.5 Å². The summed E-state index contributed by atoms with van der Waals surface area (Å²) in [6.45, 7) is 13.2. The van der Waals surface area contributed by atoms with Crippen molar-refractivity contribution in [1.82, 2.24) is 14.7 Å². The normalized spacial score (nSPS) is 35.6. The van der Waals surface area contributed by atoms with Crippen LogP contribution in [0.3, 0.4) is 0 Å². The molecule has 0 aromatic heterocycles. The highest BCUT2D eigenvalue weighted by atomic mass is 16.5. The number of rotatable bonds is 8. The average Bonchev–Trinajstić information content (AvgIpc) is 3.14. The first-order chi connectivity index (χ1) is 17.1. The average molecular weight is 502 g/mol. The number of carbonyl (C=O) groups is 3. The Kier molecular flexibility index (Phi) is 7.41. The van der Waals surface area contributed by atoms with Gasteiger partial charge >= 0.3 is 0 Å². The molecule has 1 N–H and O–H groups in total. The summed E-state index contributed by atoms with van der Waals surface area (Å²) in [5.41, 5.74) is -2.23. The number of amides is 3. The molecular weight excluding hydrogens is 458 g/mol. The third-order valence-electron chi connectivity index (χ3n) is 8.95. The van der Waals surface area contributed by atoms with Gasteiger partial charge in [-0.15, -0.1) is 0 Å². The van der Waals surface area contributed by atoms with Gasteiger partial charge in [-0.3, -0.25) is 14.4 Å². The quantitative estimate of drug-likeness (QED) is 0.516. The number of nitrogens with zero attached hydrogens (tertiary/aromatic N) is 3. The Labute approximate surface area is 215 Å². The second kappa shape index (κ2) is 9.93. The maximum atomic E-state index is 14.5. The van der Waals surface area contributed by atoms with Crippen LogP contribution in [0.25, 0.3) is 0 Å². The van der Waals surface area contributed by atoms with Gasteiger partial charge in [-0.1, -0.05) is 58.4 Å². The summed E-state index contributed by atoms with van der Waals surface area (Å²) in [6, 6.07) is -1.54. The number of aliphatic hydroxyl groups is 1. The van der Waals surface area contributed by atoms with E-state index in [0.29, 0.717) is 26.1 Å². The first kappa shape index (κ1) is 26.9. The molecule has 3 amide bonds. The van der Waals surface area contributed by atoms with E-state index < -0.39 is 35.1 Å². The highest BCUT2D eigenvalue weighted by molar-refractivity contribution is 6.00. The number of hydrogen-bond acceptors (Lipinski definition) is 5. The van der Waals surface area contributed by atoms with E-state index in [1.807, 2.05) is 70.7 Å². The van der Waals surface area contributed by atoms with Crippen molar-refractivity contribution in [3.63, 3.8) is 0 Å². The summed E-state index contributed by atoms with van der Waals surface area (Å²) in [4.78, 5) is 48.0. The van der Waals surface area contributed by atoms with Crippen molar-refractivity contribution in [2.24, 2.45) is 17.8 Å². The van der Waals surface area contributed by atoms with Crippen LogP contribution in [0, 0.1) is 17.8 Å². The molecule has 200 valence electrons. The van der Waals surface area contributed by atoms with E-state index in [0.717, 1.165) is 12.8 Å². The predicted molar refractivity (Wildman–Crippen MR) is 137 cm³/mol. The Balaban J connectivity index is 1.94. The first-order valence-corrected chi connectivity index (χ1v) is 13.7. The molecule has 4 aliphatic heterocycles. The zero-order valence-electron chi connectivity index (χ0n) is 22.6. The van der Waals surface area contributed by atoms with E-state index in [1.54, 1.807) is 9.80 Å². The lowest BCUT2D eigenvalue weighted by Gasteiger charge is -2.42. The second-order valence-corrected chi connectivity index (χ2v) is 11.2. The van der Waals surface area contributed by atoms with Crippen LogP contribution >= 0.6 is 0 Å². The van der Waals surface area contributed by atoms with Crippen LogP contribution in [0.5, 0.6) is 0 Å². The van der Waals surface area contributed by atoms with E-state index in [1.165, 1.54) is 0 Å². The van der Waals surface area contributed by atoms with Gasteiger partial charge in [-0.05, 0) is 32.6 Å². The smallest absolute Gasteiger partial charge is 0.249 e. The lowest BCUT2D eigenvalue weighted by Crippen LogP contribution is -2.60. The van der Waals surface area contributed by atoms with Crippen molar-refractivity contribution in [1.29, 1.82) is 0 Å². The van der Waals surface area contributed by atoms with Crippen molar-refractivity contribution < 1.29 is 24.2 Å². The molecule has 4 rings (SSSR count). The fraction of sp³-hybridized carbons (Fsp3) is 0.750. The van der Waals surface area contributed by atoms with Crippen molar-refractivity contribution >= 4 is 17.7 Å². The molecule has 0 saturated carbocycles. The molecule has 0 bridgehead atoms. The van der Waals surface area contributed by atoms with Gasteiger partial charge in [-0.2, -0.15) is 0 Å². The molecule has 7 atom stereocenters. The van der Waals surface area contributed by atoms with E-state index >= 15 is 0 Å². The highest BCUT2D eigenvalue weighted by Crippen LogP contribution is 2.59. The third kappa shape index (κ3) is 3.74. The highest BCUT2D eigenvalue weighted by Gasteiger charge is 2.76. The molecule has 2 fully saturated rings. The van der Waals surface area contributed by atoms with Gasteiger partial charge in [0.2, 0.25) is 17.7 Å². The molecular formula is C28H43N3O5. The molecule has 4 aliphatic rings. The lowest BCUT2D eigenvalue weighted by atomic mass is 9.73. The predicted octanol–water partition coefficient (Wildman–Crippen LogP) is 2.37. The van der Waals surface area contributed by atoms with Gasteiger partial charge in [0.15, 0.2) is 0 Å². The summed E-state index contributed by atoms with van der Waals surface area (Å²) < 4.78 is 6.97. The van der Waals surface area contributed by atoms with Crippen LogP contribution in [0.15, 0.2) is 24.3 Å². The second-order valence-electron chi connectivity index (χ2n) is 11.2. The molecule has 36 heavy (non-hydrogen) atoms. The fourth-order valence-electron chi connectivity index (χ4n) is 6.87. The molecule has 0 radical (unpaired) electrons. The van der Waals surface area contributed by atoms with Crippen LogP contribution in [0.2, 0.25) is 0 Å². The summed E-state index contributed by atoms with van der Waals surface area (Å²) >= 11 is 0. The van der Waals surface area contributed by atoms with Gasteiger partial charge in [0.25, 0.3) is 0 Å². The van der Waals surface area contributed by atoms with Gasteiger partial charge in [0.05, 0.1) is 30.1 Å². The molecule has 8 heteroatoms. The minimum Gasteiger partial charge on any atom is -0.394 e. The molecule has 1 spiro atoms. The Hall–Kier alpha value is -2.19. The Bertz CT molecular complexity index is 947. The number of hydrogen-bond donors (Lipinski definition) is 1. The van der Waals surface area contributed by atoms with E-state index in [-0.39, 0.29) is 36.3 Å². The number of carbonyl (C=O) groups excluding carboxylic acids is 3. The Morgan fingerprint density at radius 3 is 2.28 bits per heavy atom. The van der Waals surface area contributed by atoms with Crippen LogP contribution < -0.4 is 0 Å². The number of fused-ring (bicyclic) bond motifs is 2. The first-order valence-electron chi connectivity index (χ1n) is 13.7. The summed E-state index contributed by atoms with van der Waals surface area (Å²) in [5.74, 6) is -2.12. The van der Waals surface area contributed by atoms with Crippen molar-refractivity contribution in [2.75, 3.05) is 26.2 Å². The van der Waals surface area contributed by atoms with E-state index in [9.17, 15) is 19.5 Å². The van der Waals surface area contributed by atoms with Crippen LogP contribution in [-0.2, 0) is 19.1 Å². The minimum atomic E-state index is -1.27. The summed E-state index contributed by atoms with van der Waals surface area (Å²) in [5, 5.41) is 10.5. The number of likely N-dealkylation sites (tertiary alicyclic amines) is 1. The molecule has 0 aliphatic carbocycles. The molecule has 1 unspecified atom stereocenters. The number of ether oxygens (including phenoxy) is 1. The van der Waals surface area contributed by atoms with Gasteiger partial charge in [0, 0.05) is 25.7 Å². The van der Waals surface area contributed by atoms with Crippen molar-refractivity contribution in [3.8, 4) is 0 Å². The summed E-state index contributed by atoms with van der Waals surface area (Å²) in [7, 11) is 0. The van der Waals surface area contributed by atoms with Crippen molar-refractivity contribution in [2.45, 2.75) is 90.1 Å². The molecule has 0 aromatic carbocycles. The molecule has 0 aromatic rings. The Morgan fingerprint density at radius 1 is 1.00 bits per heavy atom. The van der Waals surface area contributed by atoms with Gasteiger partial charge in [-0.25, -0.2) is 0 Å². The standard InChI is InChI=1S/C28H43N3O5/c1-7-14-29-15-10-12-27(9-3)21(24(29)33)22-25(34)31(20(17-32)19(6)8-2)23-26(35)30(18(4)5)16-11-13-28(22,23)36-27/h10-13,18-23,32H,7-9,14-17H2,1-6H3/t19-,20-,21-,22-,23?,27+,28-/m0/s1. The monoisotopic (exact) mass is 501 g/mol. The fourth-order valence-corrected chi connectivity index (χ4v) is 6.87. The van der Waals surface area contributed by atoms with E-state index in [2.05, 4.69) is 0 Å². The summed E-state index contributed by atoms with van der Waals surface area (Å²) in [6.07, 6.45) is 9.83. The largest absolute Gasteiger partial charge is 0.394 e. The number of aliphatic hydroxyl groups excluding tert-OH is 1. The van der Waals surface area contributed by atoms with Crippen LogP contribution in [0.4, 0.5) is 0 Å². The maximum Gasteiger partial charge on any atom is 0.249 e. The van der Waals surface area contributed by atoms with Crippen LogP contribution in [0.1, 0.15) is 60.8 Å². The lowest BCUT2D eigenvalue weighted by molar-refractivity contribution is -0.159. The van der Waals surface area contributed by atoms with E-state index in [4.69, 9.17) is 4.74 Å². The molecule has 2 saturated heterocycles. The topological polar surface area (TPSA) is 90.4 Å². The van der Waals surface area contributed by atoms with Gasteiger partial charge in [0.1, 0.15) is 11.6 Å². The maximum absolute atomic E-state index is 14.5. The Morgan fingerprint density at radius 2 is 1.69 bits per heavy atom. The van der Waals surface area contributed by atoms with Crippen molar-refractivity contribution in [3.05, 3.63) is 24.3 Å². The zero-order valence-corrected chi connectivity index (χ0v) is 22.6. The van der Waals surface area contributed by atoms with Crippen LogP contribution in [-0.4, -0.2) is 93.1 Å². The molecule has 4 heterocycles. The third-order valence-corrected chi connectivity index (χ3v) is 8.95. The SMILES string of the molecule is CCCN1CC=C[C@@]2(CC)O[C@]34C=CCN(C(C)C)C(=O)C3N([C@@H](CO)[C@@H](C)CC)C(=O)[C@@H]4[C@H]2C1=O. The molecule has 8 nitrogen and oxygen atoms in total. The minimum absolute atomic E-state index is 0.0281.